The van der Waals surface area contributed by atoms with Gasteiger partial charge < -0.3 is 4.74 Å². The summed E-state index contributed by atoms with van der Waals surface area (Å²) in [5.41, 5.74) is 1.14. The van der Waals surface area contributed by atoms with E-state index in [-0.39, 0.29) is 23.6 Å². The summed E-state index contributed by atoms with van der Waals surface area (Å²) in [5.74, 6) is -0.984. The first kappa shape index (κ1) is 19.4. The molecule has 0 saturated carbocycles. The molecular weight excluding hydrogens is 288 g/mol. The van der Waals surface area contributed by atoms with Gasteiger partial charge in [0.2, 0.25) is 0 Å². The highest BCUT2D eigenvalue weighted by Gasteiger charge is 2.35. The maximum atomic E-state index is 13.0. The molecule has 3 heteroatoms. The van der Waals surface area contributed by atoms with Crippen LogP contribution in [0.2, 0.25) is 0 Å². The first-order valence-electron chi connectivity index (χ1n) is 8.81. The molecule has 0 amide bonds. The van der Waals surface area contributed by atoms with Crippen LogP contribution in [0.5, 0.6) is 0 Å². The van der Waals surface area contributed by atoms with E-state index in [1.807, 2.05) is 37.3 Å². The van der Waals surface area contributed by atoms with Crippen molar-refractivity contribution in [1.82, 2.24) is 0 Å². The van der Waals surface area contributed by atoms with Crippen LogP contribution in [0.3, 0.4) is 0 Å². The van der Waals surface area contributed by atoms with Gasteiger partial charge in [-0.15, -0.1) is 0 Å². The highest BCUT2D eigenvalue weighted by molar-refractivity contribution is 6.00. The van der Waals surface area contributed by atoms with Crippen molar-refractivity contribution in [2.24, 2.45) is 11.8 Å². The minimum Gasteiger partial charge on any atom is -0.465 e. The van der Waals surface area contributed by atoms with E-state index < -0.39 is 5.92 Å². The second-order valence-corrected chi connectivity index (χ2v) is 6.06. The smallest absolute Gasteiger partial charge is 0.316 e. The Balaban J connectivity index is 2.95. The van der Waals surface area contributed by atoms with Crippen LogP contribution in [0.1, 0.15) is 64.9 Å². The topological polar surface area (TPSA) is 43.4 Å². The first-order chi connectivity index (χ1) is 11.1. The van der Waals surface area contributed by atoms with Gasteiger partial charge >= 0.3 is 5.97 Å². The fourth-order valence-electron chi connectivity index (χ4n) is 3.08. The van der Waals surface area contributed by atoms with Gasteiger partial charge in [0.05, 0.1) is 6.61 Å². The lowest BCUT2D eigenvalue weighted by Gasteiger charge is -2.25. The first-order valence-corrected chi connectivity index (χ1v) is 8.81. The maximum absolute atomic E-state index is 13.0. The molecule has 0 aromatic heterocycles. The lowest BCUT2D eigenvalue weighted by Crippen LogP contribution is -2.33. The van der Waals surface area contributed by atoms with Crippen molar-refractivity contribution in [3.05, 3.63) is 35.9 Å². The van der Waals surface area contributed by atoms with Crippen molar-refractivity contribution in [3.8, 4) is 0 Å². The standard InChI is InChI=1S/C20H30O3/c1-5-8-14-18(20(22)23-7-3)19(21)17(6-2)15(4)16-12-10-9-11-13-16/h9-13,15,17-18H,5-8,14H2,1-4H3. The highest BCUT2D eigenvalue weighted by Crippen LogP contribution is 2.31. The average Bonchev–Trinajstić information content (AvgIpc) is 2.57. The number of hydrogen-bond donors (Lipinski definition) is 0. The Labute approximate surface area is 140 Å². The zero-order valence-electron chi connectivity index (χ0n) is 14.9. The zero-order chi connectivity index (χ0) is 17.2. The summed E-state index contributed by atoms with van der Waals surface area (Å²) in [7, 11) is 0. The molecule has 0 aliphatic heterocycles. The molecule has 0 radical (unpaired) electrons. The van der Waals surface area contributed by atoms with Gasteiger partial charge in [0, 0.05) is 5.92 Å². The predicted molar refractivity (Wildman–Crippen MR) is 93.3 cm³/mol. The van der Waals surface area contributed by atoms with Crippen molar-refractivity contribution in [1.29, 1.82) is 0 Å². The van der Waals surface area contributed by atoms with Crippen LogP contribution in [-0.4, -0.2) is 18.4 Å². The number of Topliss-reactive ketones (excluding diaryl/α,β-unsaturated/α-hetero) is 1. The zero-order valence-corrected chi connectivity index (χ0v) is 14.9. The fraction of sp³-hybridized carbons (Fsp3) is 0.600. The van der Waals surface area contributed by atoms with Crippen LogP contribution in [0, 0.1) is 11.8 Å². The molecule has 0 aliphatic carbocycles. The molecule has 0 heterocycles. The van der Waals surface area contributed by atoms with E-state index in [2.05, 4.69) is 13.8 Å². The van der Waals surface area contributed by atoms with Crippen LogP contribution in [0.4, 0.5) is 0 Å². The number of rotatable bonds is 10. The maximum Gasteiger partial charge on any atom is 0.316 e. The molecule has 1 rings (SSSR count). The van der Waals surface area contributed by atoms with E-state index in [9.17, 15) is 9.59 Å². The van der Waals surface area contributed by atoms with Gasteiger partial charge in [0.15, 0.2) is 5.78 Å². The molecule has 0 saturated heterocycles. The van der Waals surface area contributed by atoms with Crippen LogP contribution < -0.4 is 0 Å². The number of unbranched alkanes of at least 4 members (excludes halogenated alkanes) is 1. The Kier molecular flexibility index (Phi) is 8.60. The van der Waals surface area contributed by atoms with Gasteiger partial charge in [-0.1, -0.05) is 63.9 Å². The number of hydrogen-bond acceptors (Lipinski definition) is 3. The van der Waals surface area contributed by atoms with E-state index >= 15 is 0 Å². The van der Waals surface area contributed by atoms with Crippen LogP contribution in [-0.2, 0) is 14.3 Å². The van der Waals surface area contributed by atoms with E-state index in [0.29, 0.717) is 13.0 Å². The number of esters is 1. The third kappa shape index (κ3) is 5.49. The quantitative estimate of drug-likeness (QED) is 0.461. The molecule has 0 fully saturated rings. The van der Waals surface area contributed by atoms with E-state index in [4.69, 9.17) is 4.74 Å². The molecule has 23 heavy (non-hydrogen) atoms. The third-order valence-electron chi connectivity index (χ3n) is 4.50. The molecule has 3 nitrogen and oxygen atoms in total. The number of carbonyl (C=O) groups is 2. The summed E-state index contributed by atoms with van der Waals surface area (Å²) < 4.78 is 5.14. The molecule has 0 spiro atoms. The predicted octanol–water partition coefficient (Wildman–Crippen LogP) is 4.75. The summed E-state index contributed by atoms with van der Waals surface area (Å²) in [4.78, 5) is 25.2. The minimum absolute atomic E-state index is 0.0377. The van der Waals surface area contributed by atoms with Crippen molar-refractivity contribution >= 4 is 11.8 Å². The molecule has 3 atom stereocenters. The minimum atomic E-state index is -0.619. The second kappa shape index (κ2) is 10.2. The van der Waals surface area contributed by atoms with Gasteiger partial charge in [0.25, 0.3) is 0 Å². The molecule has 0 N–H and O–H groups in total. The monoisotopic (exact) mass is 318 g/mol. The molecule has 0 aliphatic rings. The Hall–Kier alpha value is -1.64. The Morgan fingerprint density at radius 1 is 1.09 bits per heavy atom. The third-order valence-corrected chi connectivity index (χ3v) is 4.50. The number of benzene rings is 1. The van der Waals surface area contributed by atoms with Gasteiger partial charge in [0.1, 0.15) is 5.92 Å². The van der Waals surface area contributed by atoms with Gasteiger partial charge in [-0.2, -0.15) is 0 Å². The fourth-order valence-corrected chi connectivity index (χ4v) is 3.08. The average molecular weight is 318 g/mol. The normalized spacial score (nSPS) is 14.8. The second-order valence-electron chi connectivity index (χ2n) is 6.06. The van der Waals surface area contributed by atoms with Crippen molar-refractivity contribution in [3.63, 3.8) is 0 Å². The lowest BCUT2D eigenvalue weighted by molar-refractivity contribution is -0.153. The summed E-state index contributed by atoms with van der Waals surface area (Å²) in [6.45, 7) is 8.26. The summed E-state index contributed by atoms with van der Waals surface area (Å²) in [6.07, 6.45) is 3.16. The molecule has 1 aromatic carbocycles. The highest BCUT2D eigenvalue weighted by atomic mass is 16.5. The molecular formula is C20H30O3. The van der Waals surface area contributed by atoms with Crippen molar-refractivity contribution < 1.29 is 14.3 Å². The Bertz CT molecular complexity index is 481. The van der Waals surface area contributed by atoms with Crippen LogP contribution in [0.15, 0.2) is 30.3 Å². The van der Waals surface area contributed by atoms with Gasteiger partial charge in [-0.25, -0.2) is 0 Å². The van der Waals surface area contributed by atoms with Crippen molar-refractivity contribution in [2.75, 3.05) is 6.61 Å². The van der Waals surface area contributed by atoms with Crippen molar-refractivity contribution in [2.45, 2.75) is 59.3 Å². The van der Waals surface area contributed by atoms with E-state index in [1.54, 1.807) is 6.92 Å². The van der Waals surface area contributed by atoms with Crippen LogP contribution >= 0.6 is 0 Å². The van der Waals surface area contributed by atoms with Gasteiger partial charge in [-0.05, 0) is 31.2 Å². The molecule has 1 aromatic rings. The Morgan fingerprint density at radius 2 is 1.74 bits per heavy atom. The number of ketones is 1. The molecule has 0 bridgehead atoms. The Morgan fingerprint density at radius 3 is 2.26 bits per heavy atom. The lowest BCUT2D eigenvalue weighted by atomic mass is 9.78. The van der Waals surface area contributed by atoms with Crippen LogP contribution in [0.25, 0.3) is 0 Å². The van der Waals surface area contributed by atoms with E-state index in [0.717, 1.165) is 24.8 Å². The number of ether oxygens (including phenoxy) is 1. The van der Waals surface area contributed by atoms with E-state index in [1.165, 1.54) is 0 Å². The van der Waals surface area contributed by atoms with Gasteiger partial charge in [-0.3, -0.25) is 9.59 Å². The largest absolute Gasteiger partial charge is 0.465 e. The molecule has 3 unspecified atom stereocenters. The summed E-state index contributed by atoms with van der Waals surface area (Å²) >= 11 is 0. The SMILES string of the molecule is CCCCC(C(=O)OCC)C(=O)C(CC)C(C)c1ccccc1. The number of carbonyl (C=O) groups excluding carboxylic acids is 2. The summed E-state index contributed by atoms with van der Waals surface area (Å²) in [6, 6.07) is 10.0. The molecule has 128 valence electrons. The summed E-state index contributed by atoms with van der Waals surface area (Å²) in [5, 5.41) is 0.